The van der Waals surface area contributed by atoms with Crippen molar-refractivity contribution in [2.75, 3.05) is 5.32 Å². The average molecular weight is 467 g/mol. The number of hydrogen-bond acceptors (Lipinski definition) is 3. The lowest BCUT2D eigenvalue weighted by Crippen LogP contribution is -2.49. The van der Waals surface area contributed by atoms with Gasteiger partial charge in [0.05, 0.1) is 11.8 Å². The molecule has 3 aliphatic rings. The number of hydrogen-bond donors (Lipinski definition) is 1. The van der Waals surface area contributed by atoms with Gasteiger partial charge in [-0.2, -0.15) is 0 Å². The van der Waals surface area contributed by atoms with E-state index in [0.29, 0.717) is 23.9 Å². The van der Waals surface area contributed by atoms with Crippen LogP contribution in [0.1, 0.15) is 24.8 Å². The van der Waals surface area contributed by atoms with E-state index >= 15 is 0 Å². The molecule has 3 fully saturated rings. The number of carbonyl (C=O) groups is 3. The Bertz CT molecular complexity index is 963. The molecule has 0 radical (unpaired) electrons. The van der Waals surface area contributed by atoms with Crippen LogP contribution in [0.25, 0.3) is 0 Å². The number of nitrogens with one attached hydrogen (secondary N) is 1. The molecule has 1 aliphatic heterocycles. The van der Waals surface area contributed by atoms with Gasteiger partial charge in [-0.3, -0.25) is 19.3 Å². The first-order valence-corrected chi connectivity index (χ1v) is 11.3. The molecule has 0 unspecified atom stereocenters. The van der Waals surface area contributed by atoms with Crippen LogP contribution in [-0.2, 0) is 20.8 Å². The van der Waals surface area contributed by atoms with E-state index in [-0.39, 0.29) is 29.6 Å². The van der Waals surface area contributed by atoms with Gasteiger partial charge in [0.15, 0.2) is 0 Å². The fourth-order valence-corrected chi connectivity index (χ4v) is 5.90. The van der Waals surface area contributed by atoms with E-state index < -0.39 is 6.04 Å². The van der Waals surface area contributed by atoms with Gasteiger partial charge in [0.1, 0.15) is 6.04 Å². The van der Waals surface area contributed by atoms with Crippen molar-refractivity contribution in [3.05, 3.63) is 64.6 Å². The predicted octanol–water partition coefficient (Wildman–Crippen LogP) is 4.03. The van der Waals surface area contributed by atoms with Crippen LogP contribution >= 0.6 is 15.9 Å². The first kappa shape index (κ1) is 19.5. The molecule has 3 amide bonds. The van der Waals surface area contributed by atoms with E-state index in [1.165, 1.54) is 4.90 Å². The smallest absolute Gasteiger partial charge is 0.248 e. The van der Waals surface area contributed by atoms with Crippen LogP contribution in [0.4, 0.5) is 5.69 Å². The fraction of sp³-hybridized carbons (Fsp3) is 0.375. The molecule has 1 saturated heterocycles. The summed E-state index contributed by atoms with van der Waals surface area (Å²) in [6.45, 7) is 0. The van der Waals surface area contributed by atoms with Crippen LogP contribution in [-0.4, -0.2) is 28.7 Å². The minimum atomic E-state index is -0.846. The standard InChI is InChI=1S/C24H23BrN2O3/c25-17-8-10-18(11-9-17)26-22(28)19(12-14-4-2-1-3-5-14)27-23(29)20-15-6-7-16(13-15)21(20)24(27)30/h1-5,8-11,15-16,19-21H,6-7,12-13H2,(H,26,28)/t15-,16+,19-,20-,21-/m0/s1. The zero-order valence-corrected chi connectivity index (χ0v) is 18.0. The molecule has 5 rings (SSSR count). The lowest BCUT2D eigenvalue weighted by Gasteiger charge is -2.27. The number of likely N-dealkylation sites (tertiary alicyclic amines) is 1. The average Bonchev–Trinajstić information content (AvgIpc) is 3.43. The van der Waals surface area contributed by atoms with Crippen molar-refractivity contribution in [2.24, 2.45) is 23.7 Å². The van der Waals surface area contributed by atoms with Gasteiger partial charge in [0.2, 0.25) is 17.7 Å². The third-order valence-electron chi connectivity index (χ3n) is 6.96. The lowest BCUT2D eigenvalue weighted by molar-refractivity contribution is -0.147. The number of fused-ring (bicyclic) bond motifs is 5. The zero-order chi connectivity index (χ0) is 20.8. The SMILES string of the molecule is O=C(Nc1ccc(Br)cc1)[C@H](Cc1ccccc1)N1C(=O)[C@H]2[C@@H]3CC[C@@H](C3)[C@@H]2C1=O. The largest absolute Gasteiger partial charge is 0.324 e. The third-order valence-corrected chi connectivity index (χ3v) is 7.49. The molecule has 0 spiro atoms. The van der Waals surface area contributed by atoms with Crippen molar-refractivity contribution in [2.45, 2.75) is 31.7 Å². The van der Waals surface area contributed by atoms with Gasteiger partial charge in [-0.15, -0.1) is 0 Å². The summed E-state index contributed by atoms with van der Waals surface area (Å²) < 4.78 is 0.912. The van der Waals surface area contributed by atoms with E-state index in [2.05, 4.69) is 21.2 Å². The van der Waals surface area contributed by atoms with Crippen molar-refractivity contribution >= 4 is 39.3 Å². The summed E-state index contributed by atoms with van der Waals surface area (Å²) in [5, 5.41) is 2.91. The molecular formula is C24H23BrN2O3. The zero-order valence-electron chi connectivity index (χ0n) is 16.5. The van der Waals surface area contributed by atoms with Gasteiger partial charge in [-0.25, -0.2) is 0 Å². The van der Waals surface area contributed by atoms with Gasteiger partial charge in [-0.1, -0.05) is 46.3 Å². The summed E-state index contributed by atoms with van der Waals surface area (Å²) in [6, 6.07) is 16.0. The normalized spacial score (nSPS) is 28.0. The summed E-state index contributed by atoms with van der Waals surface area (Å²) in [6.07, 6.45) is 3.34. The van der Waals surface area contributed by atoms with Gasteiger partial charge in [-0.05, 0) is 60.9 Å². The third kappa shape index (κ3) is 3.27. The monoisotopic (exact) mass is 466 g/mol. The Balaban J connectivity index is 1.45. The number of rotatable bonds is 5. The first-order valence-electron chi connectivity index (χ1n) is 10.5. The van der Waals surface area contributed by atoms with Crippen molar-refractivity contribution in [1.82, 2.24) is 4.90 Å². The van der Waals surface area contributed by atoms with Crippen LogP contribution in [0.3, 0.4) is 0 Å². The Morgan fingerprint density at radius 2 is 1.57 bits per heavy atom. The molecular weight excluding hydrogens is 444 g/mol. The summed E-state index contributed by atoms with van der Waals surface area (Å²) in [5.74, 6) is -0.477. The molecule has 0 aromatic heterocycles. The molecule has 5 nitrogen and oxygen atoms in total. The van der Waals surface area contributed by atoms with Gasteiger partial charge < -0.3 is 5.32 Å². The van der Waals surface area contributed by atoms with E-state index in [0.717, 1.165) is 29.3 Å². The Hall–Kier alpha value is -2.47. The number of nitrogens with zero attached hydrogens (tertiary/aromatic N) is 1. The Labute approximate surface area is 184 Å². The molecule has 2 bridgehead atoms. The maximum atomic E-state index is 13.3. The molecule has 6 heteroatoms. The predicted molar refractivity (Wildman–Crippen MR) is 116 cm³/mol. The highest BCUT2D eigenvalue weighted by Gasteiger charge is 2.62. The van der Waals surface area contributed by atoms with Crippen molar-refractivity contribution < 1.29 is 14.4 Å². The highest BCUT2D eigenvalue weighted by molar-refractivity contribution is 9.10. The van der Waals surface area contributed by atoms with E-state index in [4.69, 9.17) is 0 Å². The van der Waals surface area contributed by atoms with Crippen LogP contribution in [0.15, 0.2) is 59.1 Å². The molecule has 2 aromatic carbocycles. The Morgan fingerprint density at radius 1 is 0.967 bits per heavy atom. The fourth-order valence-electron chi connectivity index (χ4n) is 5.64. The second-order valence-electron chi connectivity index (χ2n) is 8.63. The van der Waals surface area contributed by atoms with Gasteiger partial charge >= 0.3 is 0 Å². The summed E-state index contributed by atoms with van der Waals surface area (Å²) in [4.78, 5) is 41.3. The topological polar surface area (TPSA) is 66.5 Å². The van der Waals surface area contributed by atoms with Crippen LogP contribution in [0, 0.1) is 23.7 Å². The number of anilines is 1. The number of imide groups is 1. The van der Waals surface area contributed by atoms with Crippen molar-refractivity contribution in [3.63, 3.8) is 0 Å². The van der Waals surface area contributed by atoms with Crippen LogP contribution in [0.5, 0.6) is 0 Å². The maximum Gasteiger partial charge on any atom is 0.248 e. The second-order valence-corrected chi connectivity index (χ2v) is 9.55. The lowest BCUT2D eigenvalue weighted by atomic mass is 9.81. The summed E-state index contributed by atoms with van der Waals surface area (Å²) >= 11 is 3.39. The Morgan fingerprint density at radius 3 is 2.17 bits per heavy atom. The van der Waals surface area contributed by atoms with Crippen LogP contribution in [0.2, 0.25) is 0 Å². The van der Waals surface area contributed by atoms with Crippen molar-refractivity contribution in [3.8, 4) is 0 Å². The number of halogens is 1. The number of amides is 3. The van der Waals surface area contributed by atoms with Gasteiger partial charge in [0, 0.05) is 16.6 Å². The molecule has 154 valence electrons. The molecule has 30 heavy (non-hydrogen) atoms. The molecule has 1 heterocycles. The van der Waals surface area contributed by atoms with E-state index in [9.17, 15) is 14.4 Å². The molecule has 5 atom stereocenters. The second kappa shape index (κ2) is 7.65. The Kier molecular flexibility index (Phi) is 4.97. The van der Waals surface area contributed by atoms with E-state index in [1.807, 2.05) is 42.5 Å². The molecule has 1 N–H and O–H groups in total. The van der Waals surface area contributed by atoms with E-state index in [1.54, 1.807) is 12.1 Å². The highest BCUT2D eigenvalue weighted by atomic mass is 79.9. The molecule has 2 aliphatic carbocycles. The minimum Gasteiger partial charge on any atom is -0.324 e. The summed E-state index contributed by atoms with van der Waals surface area (Å²) in [5.41, 5.74) is 1.56. The number of carbonyl (C=O) groups excluding carboxylic acids is 3. The minimum absolute atomic E-state index is 0.149. The quantitative estimate of drug-likeness (QED) is 0.676. The molecule has 2 saturated carbocycles. The summed E-state index contributed by atoms with van der Waals surface area (Å²) in [7, 11) is 0. The highest BCUT2D eigenvalue weighted by Crippen LogP contribution is 2.56. The number of benzene rings is 2. The van der Waals surface area contributed by atoms with Gasteiger partial charge in [0.25, 0.3) is 0 Å². The molecule has 2 aromatic rings. The van der Waals surface area contributed by atoms with Crippen LogP contribution < -0.4 is 5.32 Å². The van der Waals surface area contributed by atoms with Crippen molar-refractivity contribution in [1.29, 1.82) is 0 Å². The maximum absolute atomic E-state index is 13.3. The first-order chi connectivity index (χ1) is 14.5.